The van der Waals surface area contributed by atoms with Crippen LogP contribution in [0.4, 0.5) is 10.1 Å². The maximum absolute atomic E-state index is 14.1. The number of rotatable bonds is 3. The predicted molar refractivity (Wildman–Crippen MR) is 98.1 cm³/mol. The average molecular weight is 382 g/mol. The van der Waals surface area contributed by atoms with Crippen LogP contribution in [-0.4, -0.2) is 30.0 Å². The number of pyridine rings is 1. The molecule has 1 unspecified atom stereocenters. The van der Waals surface area contributed by atoms with Crippen molar-refractivity contribution in [3.05, 3.63) is 57.6 Å². The molecule has 0 aliphatic carbocycles. The van der Waals surface area contributed by atoms with E-state index in [-0.39, 0.29) is 33.6 Å². The van der Waals surface area contributed by atoms with Crippen molar-refractivity contribution in [3.8, 4) is 0 Å². The molecule has 2 heterocycles. The topological polar surface area (TPSA) is 45.2 Å². The minimum absolute atomic E-state index is 0.0717. The molecule has 1 amide bonds. The third-order valence-electron chi connectivity index (χ3n) is 4.26. The largest absolute Gasteiger partial charge is 0.367 e. The van der Waals surface area contributed by atoms with Gasteiger partial charge in [0, 0.05) is 19.1 Å². The third-order valence-corrected chi connectivity index (χ3v) is 4.76. The number of halogens is 3. The second-order valence-electron chi connectivity index (χ2n) is 6.19. The molecule has 3 rings (SSSR count). The Hall–Kier alpha value is -1.85. The number of nitrogens with zero attached hydrogens (tertiary/aromatic N) is 2. The van der Waals surface area contributed by atoms with Gasteiger partial charge in [-0.25, -0.2) is 9.37 Å². The second kappa shape index (κ2) is 7.58. The summed E-state index contributed by atoms with van der Waals surface area (Å²) in [7, 11) is 0. The SMILES string of the molecule is Cc1ccc(F)c(N2CCCC(NC(=O)c3ccc(Cl)nc3Cl)C2)c1. The van der Waals surface area contributed by atoms with Gasteiger partial charge in [0.2, 0.25) is 0 Å². The molecule has 1 fully saturated rings. The summed E-state index contributed by atoms with van der Waals surface area (Å²) >= 11 is 11.7. The first-order valence-corrected chi connectivity index (χ1v) is 8.83. The van der Waals surface area contributed by atoms with E-state index in [2.05, 4.69) is 10.3 Å². The van der Waals surface area contributed by atoms with Crippen LogP contribution in [0.5, 0.6) is 0 Å². The lowest BCUT2D eigenvalue weighted by atomic mass is 10.0. The molecule has 0 saturated carbocycles. The van der Waals surface area contributed by atoms with Crippen LogP contribution in [0.25, 0.3) is 0 Å². The fraction of sp³-hybridized carbons (Fsp3) is 0.333. The second-order valence-corrected chi connectivity index (χ2v) is 6.93. The smallest absolute Gasteiger partial charge is 0.254 e. The minimum atomic E-state index is -0.300. The van der Waals surface area contributed by atoms with Gasteiger partial charge in [0.05, 0.1) is 11.3 Å². The molecule has 0 bridgehead atoms. The Morgan fingerprint density at radius 3 is 2.88 bits per heavy atom. The highest BCUT2D eigenvalue weighted by Gasteiger charge is 2.24. The number of amides is 1. The fourth-order valence-electron chi connectivity index (χ4n) is 3.02. The maximum atomic E-state index is 14.1. The van der Waals surface area contributed by atoms with E-state index in [0.717, 1.165) is 24.9 Å². The van der Waals surface area contributed by atoms with E-state index in [1.807, 2.05) is 17.9 Å². The quantitative estimate of drug-likeness (QED) is 0.808. The number of aryl methyl sites for hydroxylation is 1. The Morgan fingerprint density at radius 1 is 1.32 bits per heavy atom. The number of carbonyl (C=O) groups is 1. The summed E-state index contributed by atoms with van der Waals surface area (Å²) in [6.07, 6.45) is 1.69. The zero-order valence-corrected chi connectivity index (χ0v) is 15.2. The molecule has 1 aromatic carbocycles. The van der Waals surface area contributed by atoms with Gasteiger partial charge in [-0.15, -0.1) is 0 Å². The van der Waals surface area contributed by atoms with Crippen molar-refractivity contribution < 1.29 is 9.18 Å². The molecular weight excluding hydrogens is 364 g/mol. The van der Waals surface area contributed by atoms with Gasteiger partial charge >= 0.3 is 0 Å². The van der Waals surface area contributed by atoms with E-state index in [4.69, 9.17) is 23.2 Å². The Labute approximate surface area is 156 Å². The summed E-state index contributed by atoms with van der Waals surface area (Å²) in [5, 5.41) is 3.27. The molecule has 4 nitrogen and oxygen atoms in total. The number of aromatic nitrogens is 1. The number of carbonyl (C=O) groups excluding carboxylic acids is 1. The van der Waals surface area contributed by atoms with E-state index < -0.39 is 0 Å². The van der Waals surface area contributed by atoms with Gasteiger partial charge in [-0.3, -0.25) is 4.79 Å². The number of hydrogen-bond acceptors (Lipinski definition) is 3. The molecule has 1 N–H and O–H groups in total. The molecule has 2 aromatic rings. The molecule has 0 spiro atoms. The van der Waals surface area contributed by atoms with Gasteiger partial charge in [0.25, 0.3) is 5.91 Å². The summed E-state index contributed by atoms with van der Waals surface area (Å²) in [5.74, 6) is -0.548. The van der Waals surface area contributed by atoms with Crippen molar-refractivity contribution in [2.45, 2.75) is 25.8 Å². The Kier molecular flexibility index (Phi) is 5.45. The number of benzene rings is 1. The Bertz CT molecular complexity index is 800. The minimum Gasteiger partial charge on any atom is -0.367 e. The molecule has 1 saturated heterocycles. The number of piperidine rings is 1. The van der Waals surface area contributed by atoms with Crippen molar-refractivity contribution in [1.29, 1.82) is 0 Å². The summed E-state index contributed by atoms with van der Waals surface area (Å²) < 4.78 is 14.1. The number of nitrogens with one attached hydrogen (secondary N) is 1. The zero-order chi connectivity index (χ0) is 18.0. The molecule has 1 aromatic heterocycles. The highest BCUT2D eigenvalue weighted by molar-refractivity contribution is 6.34. The first-order chi connectivity index (χ1) is 11.9. The lowest BCUT2D eigenvalue weighted by Crippen LogP contribution is -2.48. The standard InChI is InChI=1S/C18H18Cl2FN3O/c1-11-4-6-14(21)15(9-11)24-8-2-3-12(10-24)22-18(25)13-5-7-16(19)23-17(13)20/h4-7,9,12H,2-3,8,10H2,1H3,(H,22,25). The van der Waals surface area contributed by atoms with Crippen molar-refractivity contribution in [1.82, 2.24) is 10.3 Å². The lowest BCUT2D eigenvalue weighted by molar-refractivity contribution is 0.0933. The third kappa shape index (κ3) is 4.22. The van der Waals surface area contributed by atoms with Crippen molar-refractivity contribution in [2.24, 2.45) is 0 Å². The average Bonchev–Trinajstić information content (AvgIpc) is 2.57. The van der Waals surface area contributed by atoms with Gasteiger partial charge in [0.15, 0.2) is 0 Å². The molecule has 0 radical (unpaired) electrons. The van der Waals surface area contributed by atoms with Crippen molar-refractivity contribution in [3.63, 3.8) is 0 Å². The molecule has 1 aliphatic heterocycles. The van der Waals surface area contributed by atoms with E-state index in [9.17, 15) is 9.18 Å². The van der Waals surface area contributed by atoms with Gasteiger partial charge in [0.1, 0.15) is 16.1 Å². The first-order valence-electron chi connectivity index (χ1n) is 8.08. The van der Waals surface area contributed by atoms with Gasteiger partial charge in [-0.2, -0.15) is 0 Å². The molecule has 1 atom stereocenters. The van der Waals surface area contributed by atoms with Crippen LogP contribution < -0.4 is 10.2 Å². The van der Waals surface area contributed by atoms with E-state index >= 15 is 0 Å². The first kappa shape index (κ1) is 18.0. The van der Waals surface area contributed by atoms with E-state index in [0.29, 0.717) is 12.2 Å². The number of hydrogen-bond donors (Lipinski definition) is 1. The van der Waals surface area contributed by atoms with Crippen LogP contribution in [0.3, 0.4) is 0 Å². The summed E-state index contributed by atoms with van der Waals surface area (Å²) in [6, 6.07) is 8.04. The van der Waals surface area contributed by atoms with Gasteiger partial charge in [-0.1, -0.05) is 29.3 Å². The lowest BCUT2D eigenvalue weighted by Gasteiger charge is -2.35. The number of anilines is 1. The summed E-state index contributed by atoms with van der Waals surface area (Å²) in [4.78, 5) is 18.3. The highest BCUT2D eigenvalue weighted by Crippen LogP contribution is 2.25. The molecular formula is C18H18Cl2FN3O. The molecule has 132 valence electrons. The van der Waals surface area contributed by atoms with E-state index in [1.165, 1.54) is 12.1 Å². The normalized spacial score (nSPS) is 17.4. The zero-order valence-electron chi connectivity index (χ0n) is 13.7. The molecule has 1 aliphatic rings. The predicted octanol–water partition coefficient (Wildman–Crippen LogP) is 4.23. The Balaban J connectivity index is 1.71. The van der Waals surface area contributed by atoms with Gasteiger partial charge in [-0.05, 0) is 49.6 Å². The van der Waals surface area contributed by atoms with Crippen LogP contribution >= 0.6 is 23.2 Å². The van der Waals surface area contributed by atoms with Crippen LogP contribution in [-0.2, 0) is 0 Å². The fourth-order valence-corrected chi connectivity index (χ4v) is 3.45. The van der Waals surface area contributed by atoms with E-state index in [1.54, 1.807) is 12.1 Å². The van der Waals surface area contributed by atoms with Crippen LogP contribution in [0.2, 0.25) is 10.3 Å². The molecule has 7 heteroatoms. The van der Waals surface area contributed by atoms with Crippen LogP contribution in [0.1, 0.15) is 28.8 Å². The van der Waals surface area contributed by atoms with Crippen LogP contribution in [0, 0.1) is 12.7 Å². The summed E-state index contributed by atoms with van der Waals surface area (Å²) in [6.45, 7) is 3.24. The van der Waals surface area contributed by atoms with Gasteiger partial charge < -0.3 is 10.2 Å². The Morgan fingerprint density at radius 2 is 2.12 bits per heavy atom. The molecule has 25 heavy (non-hydrogen) atoms. The van der Waals surface area contributed by atoms with Crippen molar-refractivity contribution >= 4 is 34.8 Å². The maximum Gasteiger partial charge on any atom is 0.254 e. The van der Waals surface area contributed by atoms with Crippen molar-refractivity contribution in [2.75, 3.05) is 18.0 Å². The highest BCUT2D eigenvalue weighted by atomic mass is 35.5. The van der Waals surface area contributed by atoms with Crippen LogP contribution in [0.15, 0.2) is 30.3 Å². The summed E-state index contributed by atoms with van der Waals surface area (Å²) in [5.41, 5.74) is 1.86. The monoisotopic (exact) mass is 381 g/mol.